The molecule has 0 saturated carbocycles. The lowest BCUT2D eigenvalue weighted by molar-refractivity contribution is -0.116. The summed E-state index contributed by atoms with van der Waals surface area (Å²) >= 11 is 0. The van der Waals surface area contributed by atoms with Crippen LogP contribution in [0.25, 0.3) is 0 Å². The fourth-order valence-corrected chi connectivity index (χ4v) is 2.31. The van der Waals surface area contributed by atoms with Gasteiger partial charge in [-0.05, 0) is 38.1 Å². The van der Waals surface area contributed by atoms with Gasteiger partial charge in [-0.2, -0.15) is 5.10 Å². The summed E-state index contributed by atoms with van der Waals surface area (Å²) in [6.45, 7) is 5.35. The van der Waals surface area contributed by atoms with Crippen LogP contribution in [0.3, 0.4) is 0 Å². The molecule has 128 valence electrons. The van der Waals surface area contributed by atoms with Crippen LogP contribution < -0.4 is 15.5 Å². The van der Waals surface area contributed by atoms with Crippen LogP contribution in [0, 0.1) is 6.92 Å². The molecule has 1 aromatic heterocycles. The first-order chi connectivity index (χ1) is 11.3. The number of benzene rings is 1. The van der Waals surface area contributed by atoms with Gasteiger partial charge >= 0.3 is 6.03 Å². The van der Waals surface area contributed by atoms with Gasteiger partial charge < -0.3 is 15.5 Å². The molecule has 0 bridgehead atoms. The molecule has 1 aromatic carbocycles. The fraction of sp³-hybridized carbons (Fsp3) is 0.353. The van der Waals surface area contributed by atoms with Gasteiger partial charge in [-0.15, -0.1) is 0 Å². The molecule has 0 aliphatic carbocycles. The van der Waals surface area contributed by atoms with E-state index in [1.54, 1.807) is 25.2 Å². The molecule has 2 aromatic rings. The smallest absolute Gasteiger partial charge is 0.319 e. The molecule has 3 N–H and O–H groups in total. The number of carbonyl (C=O) groups is 2. The number of H-pyrrole nitrogens is 1. The minimum absolute atomic E-state index is 0.0595. The number of hydrogen-bond donors (Lipinski definition) is 3. The zero-order valence-corrected chi connectivity index (χ0v) is 14.4. The fourth-order valence-electron chi connectivity index (χ4n) is 2.31. The summed E-state index contributed by atoms with van der Waals surface area (Å²) in [4.78, 5) is 25.0. The van der Waals surface area contributed by atoms with Crippen molar-refractivity contribution in [2.24, 2.45) is 0 Å². The largest absolute Gasteiger partial charge is 0.335 e. The maximum absolute atomic E-state index is 12.1. The molecule has 3 amide bonds. The number of anilines is 2. The second kappa shape index (κ2) is 7.63. The molecule has 7 heteroatoms. The van der Waals surface area contributed by atoms with Crippen LogP contribution in [0.1, 0.15) is 25.2 Å². The van der Waals surface area contributed by atoms with Crippen LogP contribution in [0.4, 0.5) is 16.2 Å². The van der Waals surface area contributed by atoms with Gasteiger partial charge in [-0.1, -0.05) is 6.07 Å². The standard InChI is InChI=1S/C17H23N5O2/c1-11(8-15-9-12(2)20-21-15)18-17(24)19-14-6-5-7-16(10-14)22(4)13(3)23/h5-7,9-11H,8H2,1-4H3,(H,20,21)(H2,18,19,24)/t11-/m0/s1. The third-order valence-electron chi connectivity index (χ3n) is 3.62. The van der Waals surface area contributed by atoms with Crippen LogP contribution >= 0.6 is 0 Å². The van der Waals surface area contributed by atoms with Gasteiger partial charge in [0.2, 0.25) is 5.91 Å². The minimum Gasteiger partial charge on any atom is -0.335 e. The first kappa shape index (κ1) is 17.5. The van der Waals surface area contributed by atoms with Crippen molar-refractivity contribution in [2.45, 2.75) is 33.2 Å². The summed E-state index contributed by atoms with van der Waals surface area (Å²) in [7, 11) is 1.69. The van der Waals surface area contributed by atoms with Gasteiger partial charge in [0.15, 0.2) is 0 Å². The van der Waals surface area contributed by atoms with Gasteiger partial charge in [-0.25, -0.2) is 4.79 Å². The van der Waals surface area contributed by atoms with Crippen LogP contribution in [0.15, 0.2) is 30.3 Å². The van der Waals surface area contributed by atoms with E-state index in [1.807, 2.05) is 26.0 Å². The molecule has 1 heterocycles. The highest BCUT2D eigenvalue weighted by atomic mass is 16.2. The molecular formula is C17H23N5O2. The van der Waals surface area contributed by atoms with Crippen molar-refractivity contribution in [1.82, 2.24) is 15.5 Å². The number of carbonyl (C=O) groups excluding carboxylic acids is 2. The van der Waals surface area contributed by atoms with Crippen molar-refractivity contribution in [1.29, 1.82) is 0 Å². The summed E-state index contributed by atoms with van der Waals surface area (Å²) in [5.41, 5.74) is 3.25. The Hall–Kier alpha value is -2.83. The average Bonchev–Trinajstić information content (AvgIpc) is 2.91. The lowest BCUT2D eigenvalue weighted by atomic mass is 10.2. The zero-order valence-electron chi connectivity index (χ0n) is 14.4. The van der Waals surface area contributed by atoms with E-state index in [4.69, 9.17) is 0 Å². The third kappa shape index (κ3) is 4.84. The van der Waals surface area contributed by atoms with Gasteiger partial charge in [0, 0.05) is 43.5 Å². The van der Waals surface area contributed by atoms with E-state index in [0.29, 0.717) is 12.1 Å². The minimum atomic E-state index is -0.294. The molecule has 1 atom stereocenters. The second-order valence-corrected chi connectivity index (χ2v) is 5.87. The van der Waals surface area contributed by atoms with E-state index in [9.17, 15) is 9.59 Å². The molecule has 0 spiro atoms. The number of amides is 3. The number of aromatic nitrogens is 2. The Kier molecular flexibility index (Phi) is 5.57. The lowest BCUT2D eigenvalue weighted by Crippen LogP contribution is -2.37. The third-order valence-corrected chi connectivity index (χ3v) is 3.62. The van der Waals surface area contributed by atoms with Crippen molar-refractivity contribution in [2.75, 3.05) is 17.3 Å². The second-order valence-electron chi connectivity index (χ2n) is 5.87. The Bertz CT molecular complexity index is 725. The van der Waals surface area contributed by atoms with Crippen molar-refractivity contribution < 1.29 is 9.59 Å². The topological polar surface area (TPSA) is 90.1 Å². The van der Waals surface area contributed by atoms with Crippen LogP contribution in [0.5, 0.6) is 0 Å². The van der Waals surface area contributed by atoms with E-state index in [0.717, 1.165) is 17.1 Å². The number of nitrogens with zero attached hydrogens (tertiary/aromatic N) is 2. The highest BCUT2D eigenvalue weighted by Gasteiger charge is 2.11. The Labute approximate surface area is 141 Å². The van der Waals surface area contributed by atoms with Crippen molar-refractivity contribution >= 4 is 23.3 Å². The molecule has 0 unspecified atom stereocenters. The first-order valence-corrected chi connectivity index (χ1v) is 7.78. The Morgan fingerprint density at radius 2 is 2.08 bits per heavy atom. The highest BCUT2D eigenvalue weighted by molar-refractivity contribution is 5.93. The van der Waals surface area contributed by atoms with Crippen LogP contribution in [-0.2, 0) is 11.2 Å². The van der Waals surface area contributed by atoms with Gasteiger partial charge in [0.05, 0.1) is 5.69 Å². The molecule has 7 nitrogen and oxygen atoms in total. The van der Waals surface area contributed by atoms with Gasteiger partial charge in [-0.3, -0.25) is 9.89 Å². The van der Waals surface area contributed by atoms with Crippen LogP contribution in [-0.4, -0.2) is 35.2 Å². The quantitative estimate of drug-likeness (QED) is 0.787. The molecule has 2 rings (SSSR count). The Balaban J connectivity index is 1.92. The maximum Gasteiger partial charge on any atom is 0.319 e. The molecule has 0 aliphatic heterocycles. The van der Waals surface area contributed by atoms with Crippen molar-refractivity contribution in [3.05, 3.63) is 41.7 Å². The predicted octanol–water partition coefficient (Wildman–Crippen LogP) is 2.45. The molecule has 0 saturated heterocycles. The van der Waals surface area contributed by atoms with Crippen molar-refractivity contribution in [3.63, 3.8) is 0 Å². The maximum atomic E-state index is 12.1. The highest BCUT2D eigenvalue weighted by Crippen LogP contribution is 2.18. The normalized spacial score (nSPS) is 11.7. The van der Waals surface area contributed by atoms with E-state index >= 15 is 0 Å². The number of urea groups is 1. The molecule has 24 heavy (non-hydrogen) atoms. The SMILES string of the molecule is CC(=O)N(C)c1cccc(NC(=O)N[C@@H](C)Cc2cc(C)[nH]n2)c1. The number of aryl methyl sites for hydroxylation is 1. The van der Waals surface area contributed by atoms with E-state index < -0.39 is 0 Å². The first-order valence-electron chi connectivity index (χ1n) is 7.78. The summed E-state index contributed by atoms with van der Waals surface area (Å²) in [6, 6.07) is 8.74. The summed E-state index contributed by atoms with van der Waals surface area (Å²) in [5, 5.41) is 12.7. The van der Waals surface area contributed by atoms with Gasteiger partial charge in [0.25, 0.3) is 0 Å². The molecule has 0 fully saturated rings. The number of rotatable bonds is 5. The average molecular weight is 329 g/mol. The summed E-state index contributed by atoms with van der Waals surface area (Å²) < 4.78 is 0. The summed E-state index contributed by atoms with van der Waals surface area (Å²) in [5.74, 6) is -0.0699. The Morgan fingerprint density at radius 3 is 2.71 bits per heavy atom. The Morgan fingerprint density at radius 1 is 1.33 bits per heavy atom. The number of hydrogen-bond acceptors (Lipinski definition) is 3. The van der Waals surface area contributed by atoms with E-state index in [-0.39, 0.29) is 18.0 Å². The molecule has 0 aliphatic rings. The van der Waals surface area contributed by atoms with Crippen LogP contribution in [0.2, 0.25) is 0 Å². The molecular weight excluding hydrogens is 306 g/mol. The number of nitrogens with one attached hydrogen (secondary N) is 3. The van der Waals surface area contributed by atoms with E-state index in [2.05, 4.69) is 20.8 Å². The monoisotopic (exact) mass is 329 g/mol. The number of aromatic amines is 1. The van der Waals surface area contributed by atoms with E-state index in [1.165, 1.54) is 11.8 Å². The molecule has 0 radical (unpaired) electrons. The van der Waals surface area contributed by atoms with Gasteiger partial charge in [0.1, 0.15) is 0 Å². The van der Waals surface area contributed by atoms with Crippen molar-refractivity contribution in [3.8, 4) is 0 Å². The lowest BCUT2D eigenvalue weighted by Gasteiger charge is -2.17. The predicted molar refractivity (Wildman–Crippen MR) is 94.2 cm³/mol. The summed E-state index contributed by atoms with van der Waals surface area (Å²) in [6.07, 6.45) is 0.644. The zero-order chi connectivity index (χ0) is 17.7.